The molecule has 10 aromatic rings. The van der Waals surface area contributed by atoms with Gasteiger partial charge in [-0.3, -0.25) is 0 Å². The topological polar surface area (TPSA) is 3.24 Å². The first-order valence-corrected chi connectivity index (χ1v) is 21.8. The summed E-state index contributed by atoms with van der Waals surface area (Å²) in [4.78, 5) is 2.49. The van der Waals surface area contributed by atoms with Gasteiger partial charge in [0.05, 0.1) is 5.41 Å². The van der Waals surface area contributed by atoms with Gasteiger partial charge in [-0.15, -0.1) is 11.3 Å². The Balaban J connectivity index is 1.02. The summed E-state index contributed by atoms with van der Waals surface area (Å²) >= 11 is 1.87. The molecule has 3 aliphatic carbocycles. The smallest absolute Gasteiger partial charge is 0.0726 e. The number of rotatable bonds is 4. The molecular weight excluding hydrogens is 743 g/mol. The Labute approximate surface area is 354 Å². The lowest BCUT2D eigenvalue weighted by Crippen LogP contribution is -2.26. The quantitative estimate of drug-likeness (QED) is 0.172. The first-order valence-electron chi connectivity index (χ1n) is 21.0. The molecule has 282 valence electrons. The van der Waals surface area contributed by atoms with Crippen LogP contribution in [0.15, 0.2) is 200 Å². The van der Waals surface area contributed by atoms with Gasteiger partial charge >= 0.3 is 0 Å². The van der Waals surface area contributed by atoms with Crippen LogP contribution in [0.3, 0.4) is 0 Å². The minimum Gasteiger partial charge on any atom is -0.310 e. The molecule has 0 fully saturated rings. The highest BCUT2D eigenvalue weighted by Gasteiger charge is 2.51. The zero-order valence-corrected chi connectivity index (χ0v) is 34.2. The van der Waals surface area contributed by atoms with E-state index >= 15 is 0 Å². The summed E-state index contributed by atoms with van der Waals surface area (Å²) in [5.74, 6) is 0. The van der Waals surface area contributed by atoms with Gasteiger partial charge < -0.3 is 4.90 Å². The van der Waals surface area contributed by atoms with Crippen molar-refractivity contribution in [3.63, 3.8) is 0 Å². The summed E-state index contributed by atoms with van der Waals surface area (Å²) in [5, 5.41) is 2.65. The van der Waals surface area contributed by atoms with Crippen molar-refractivity contribution in [1.29, 1.82) is 0 Å². The molecule has 0 amide bonds. The Morgan fingerprint density at radius 2 is 0.783 bits per heavy atom. The zero-order valence-electron chi connectivity index (χ0n) is 33.4. The maximum Gasteiger partial charge on any atom is 0.0726 e. The SMILES string of the molecule is CC1(C)c2ccccc2-c2ccc(N(c3ccc(-c4ccc5sc6ccccc6c5c4)cc3)c3ccc4c(c3)C3(c5ccccc5-c5ccccc53)c3ccccc3-4)cc21. The lowest BCUT2D eigenvalue weighted by molar-refractivity contribution is 0.660. The van der Waals surface area contributed by atoms with Crippen LogP contribution in [0, 0.1) is 0 Å². The van der Waals surface area contributed by atoms with Crippen molar-refractivity contribution in [2.45, 2.75) is 24.7 Å². The van der Waals surface area contributed by atoms with Gasteiger partial charge in [0.15, 0.2) is 0 Å². The van der Waals surface area contributed by atoms with Gasteiger partial charge in [-0.2, -0.15) is 0 Å². The van der Waals surface area contributed by atoms with E-state index in [4.69, 9.17) is 0 Å². The lowest BCUT2D eigenvalue weighted by Gasteiger charge is -2.32. The van der Waals surface area contributed by atoms with Gasteiger partial charge in [0.25, 0.3) is 0 Å². The van der Waals surface area contributed by atoms with Crippen LogP contribution in [0.4, 0.5) is 17.1 Å². The van der Waals surface area contributed by atoms with E-state index in [-0.39, 0.29) is 5.41 Å². The zero-order chi connectivity index (χ0) is 39.7. The molecule has 0 N–H and O–H groups in total. The van der Waals surface area contributed by atoms with E-state index in [1.165, 1.54) is 98.1 Å². The number of thiophene rings is 1. The predicted molar refractivity (Wildman–Crippen MR) is 253 cm³/mol. The Morgan fingerprint density at radius 3 is 1.42 bits per heavy atom. The summed E-state index contributed by atoms with van der Waals surface area (Å²) in [6, 6.07) is 75.5. The standard InChI is InChI=1S/C58H39NS/c1-57(2)49-18-8-3-13-41(49)45-30-28-39(34-53(45)57)59(38-26-23-36(24-27-38)37-25-32-56-48(33-37)47-17-7-12-22-55(47)60-56)40-29-31-46-44-16-6-11-21-52(44)58(54(46)35-40)50-19-9-4-14-42(50)43-15-5-10-20-51(43)58/h3-35H,1-2H3. The van der Waals surface area contributed by atoms with Crippen LogP contribution >= 0.6 is 11.3 Å². The molecule has 2 heteroatoms. The summed E-state index contributed by atoms with van der Waals surface area (Å²) in [5.41, 5.74) is 21.4. The highest BCUT2D eigenvalue weighted by Crippen LogP contribution is 2.63. The lowest BCUT2D eigenvalue weighted by atomic mass is 9.70. The van der Waals surface area contributed by atoms with E-state index in [1.54, 1.807) is 0 Å². The van der Waals surface area contributed by atoms with Crippen molar-refractivity contribution in [3.05, 3.63) is 234 Å². The second-order valence-corrected chi connectivity index (χ2v) is 18.3. The molecule has 1 aromatic heterocycles. The van der Waals surface area contributed by atoms with Crippen molar-refractivity contribution < 1.29 is 0 Å². The van der Waals surface area contributed by atoms with Crippen molar-refractivity contribution in [3.8, 4) is 44.5 Å². The van der Waals surface area contributed by atoms with Gasteiger partial charge in [-0.25, -0.2) is 0 Å². The predicted octanol–water partition coefficient (Wildman–Crippen LogP) is 15.8. The summed E-state index contributed by atoms with van der Waals surface area (Å²) < 4.78 is 2.66. The monoisotopic (exact) mass is 781 g/mol. The number of nitrogens with zero attached hydrogens (tertiary/aromatic N) is 1. The van der Waals surface area contributed by atoms with Crippen molar-refractivity contribution in [1.82, 2.24) is 0 Å². The van der Waals surface area contributed by atoms with Crippen molar-refractivity contribution in [2.24, 2.45) is 0 Å². The van der Waals surface area contributed by atoms with Crippen molar-refractivity contribution >= 4 is 48.6 Å². The highest BCUT2D eigenvalue weighted by atomic mass is 32.1. The van der Waals surface area contributed by atoms with Crippen molar-refractivity contribution in [2.75, 3.05) is 4.90 Å². The van der Waals surface area contributed by atoms with Crippen LogP contribution in [0.2, 0.25) is 0 Å². The largest absolute Gasteiger partial charge is 0.310 e. The molecule has 0 radical (unpaired) electrons. The van der Waals surface area contributed by atoms with E-state index in [2.05, 4.69) is 219 Å². The van der Waals surface area contributed by atoms with E-state index in [9.17, 15) is 0 Å². The Morgan fingerprint density at radius 1 is 0.333 bits per heavy atom. The molecular formula is C58H39NS. The molecule has 0 bridgehead atoms. The van der Waals surface area contributed by atoms with E-state index < -0.39 is 5.41 Å². The van der Waals surface area contributed by atoms with E-state index in [0.29, 0.717) is 0 Å². The molecule has 13 rings (SSSR count). The molecule has 1 spiro atoms. The molecule has 0 unspecified atom stereocenters. The maximum absolute atomic E-state index is 2.50. The molecule has 60 heavy (non-hydrogen) atoms. The third-order valence-corrected chi connectivity index (χ3v) is 15.1. The van der Waals surface area contributed by atoms with Crippen LogP contribution in [-0.4, -0.2) is 0 Å². The summed E-state index contributed by atoms with van der Waals surface area (Å²) in [6.07, 6.45) is 0. The number of anilines is 3. The summed E-state index contributed by atoms with van der Waals surface area (Å²) in [7, 11) is 0. The molecule has 3 aliphatic rings. The van der Waals surface area contributed by atoms with Gasteiger partial charge in [0.1, 0.15) is 0 Å². The van der Waals surface area contributed by atoms with Crippen LogP contribution in [-0.2, 0) is 10.8 Å². The fraction of sp³-hybridized carbons (Fsp3) is 0.0690. The fourth-order valence-electron chi connectivity index (χ4n) is 11.2. The van der Waals surface area contributed by atoms with Crippen LogP contribution in [0.25, 0.3) is 64.7 Å². The van der Waals surface area contributed by atoms with Gasteiger partial charge in [0, 0.05) is 42.6 Å². The van der Waals surface area contributed by atoms with Crippen LogP contribution in [0.1, 0.15) is 47.2 Å². The third kappa shape index (κ3) is 4.46. The number of benzene rings is 9. The third-order valence-electron chi connectivity index (χ3n) is 13.9. The Bertz CT molecular complexity index is 3360. The molecule has 1 nitrogen and oxygen atoms in total. The normalized spacial score (nSPS) is 14.4. The van der Waals surface area contributed by atoms with Crippen LogP contribution in [0.5, 0.6) is 0 Å². The van der Waals surface area contributed by atoms with Gasteiger partial charge in [-0.05, 0) is 132 Å². The molecule has 0 saturated carbocycles. The minimum absolute atomic E-state index is 0.122. The minimum atomic E-state index is -0.420. The first-order chi connectivity index (χ1) is 29.5. The molecule has 1 heterocycles. The fourth-order valence-corrected chi connectivity index (χ4v) is 12.3. The van der Waals surface area contributed by atoms with Gasteiger partial charge in [-0.1, -0.05) is 159 Å². The second kappa shape index (κ2) is 12.3. The molecule has 0 atom stereocenters. The number of hydrogen-bond donors (Lipinski definition) is 0. The van der Waals surface area contributed by atoms with E-state index in [0.717, 1.165) is 17.1 Å². The molecule has 0 aliphatic heterocycles. The average Bonchev–Trinajstić information content (AvgIpc) is 3.99. The maximum atomic E-state index is 2.50. The number of fused-ring (bicyclic) bond motifs is 16. The summed E-state index contributed by atoms with van der Waals surface area (Å²) in [6.45, 7) is 4.75. The molecule has 9 aromatic carbocycles. The Hall–Kier alpha value is -7.00. The first kappa shape index (κ1) is 33.9. The van der Waals surface area contributed by atoms with Gasteiger partial charge in [0.2, 0.25) is 0 Å². The second-order valence-electron chi connectivity index (χ2n) is 17.2. The van der Waals surface area contributed by atoms with E-state index in [1.807, 2.05) is 11.3 Å². The number of hydrogen-bond acceptors (Lipinski definition) is 2. The highest BCUT2D eigenvalue weighted by molar-refractivity contribution is 7.25. The van der Waals surface area contributed by atoms with Crippen LogP contribution < -0.4 is 4.90 Å². The average molecular weight is 782 g/mol. The molecule has 0 saturated heterocycles. The Kier molecular flexibility index (Phi) is 6.94.